The molecule has 0 radical (unpaired) electrons. The fraction of sp³-hybridized carbons (Fsp3) is 0.571. The number of likely N-dealkylation sites (tertiary alicyclic amines) is 2. The molecule has 6 atom stereocenters. The number of piperidine rings is 2. The number of ketones is 2. The molecule has 0 N–H and O–H groups in total. The number of benzene rings is 2. The number of nitrogens with zero attached hydrogens (tertiary/aromatic N) is 2. The van der Waals surface area contributed by atoms with Gasteiger partial charge in [-0.3, -0.25) is 19.4 Å². The fourth-order valence-corrected chi connectivity index (χ4v) is 9.11. The Balaban J connectivity index is 1.04. The van der Waals surface area contributed by atoms with Crippen molar-refractivity contribution in [3.05, 3.63) is 58.7 Å². The second kappa shape index (κ2) is 14.4. The molecule has 12 nitrogen and oxygen atoms in total. The first-order valence-corrected chi connectivity index (χ1v) is 19.5. The summed E-state index contributed by atoms with van der Waals surface area (Å²) in [7, 11) is 0. The predicted molar refractivity (Wildman–Crippen MR) is 196 cm³/mol. The van der Waals surface area contributed by atoms with Gasteiger partial charge in [0.2, 0.25) is 0 Å². The first-order chi connectivity index (χ1) is 27.0. The molecule has 7 rings (SSSR count). The molecule has 2 aromatic rings. The SMILES string of the molecule is CC(C)(C)OC(=O)N1[C@@H]2CC[C@@H](C2)[C@H]1C(=O)OCC(=O)c1ccc2c(c1)C(F)(F)C(F)(F)c1cc(C(=O)COC(=O)[C@@H]3[C@H]4CC[C@H](C4)N3C(=O)OC(C)(C)C)ccc1-2. The van der Waals surface area contributed by atoms with E-state index >= 15 is 17.6 Å². The molecule has 58 heavy (non-hydrogen) atoms. The third-order valence-corrected chi connectivity index (χ3v) is 11.6. The van der Waals surface area contributed by atoms with Gasteiger partial charge in [0.15, 0.2) is 24.8 Å². The van der Waals surface area contributed by atoms with Gasteiger partial charge in [0, 0.05) is 34.3 Å². The van der Waals surface area contributed by atoms with Crippen LogP contribution in [0.1, 0.15) is 112 Å². The lowest BCUT2D eigenvalue weighted by atomic mass is 9.79. The van der Waals surface area contributed by atoms with E-state index in [1.165, 1.54) is 9.80 Å². The van der Waals surface area contributed by atoms with Crippen LogP contribution in [0.15, 0.2) is 36.4 Å². The van der Waals surface area contributed by atoms with Crippen molar-refractivity contribution in [2.24, 2.45) is 11.8 Å². The number of carbonyl (C=O) groups excluding carboxylic acids is 6. The van der Waals surface area contributed by atoms with Crippen molar-refractivity contribution in [2.45, 2.75) is 127 Å². The third kappa shape index (κ3) is 7.31. The Morgan fingerprint density at radius 3 is 1.31 bits per heavy atom. The van der Waals surface area contributed by atoms with Crippen LogP contribution in [0, 0.1) is 11.8 Å². The minimum absolute atomic E-state index is 0.209. The van der Waals surface area contributed by atoms with Crippen LogP contribution in [0.2, 0.25) is 0 Å². The maximum atomic E-state index is 15.8. The zero-order valence-electron chi connectivity index (χ0n) is 33.1. The summed E-state index contributed by atoms with van der Waals surface area (Å²) in [5.74, 6) is -13.7. The molecule has 2 amide bonds. The number of ether oxygens (including phenoxy) is 4. The number of carbonyl (C=O) groups is 6. The molecule has 0 spiro atoms. The van der Waals surface area contributed by atoms with Gasteiger partial charge in [-0.15, -0.1) is 0 Å². The molecule has 4 fully saturated rings. The Labute approximate surface area is 332 Å². The predicted octanol–water partition coefficient (Wildman–Crippen LogP) is 7.58. The fourth-order valence-electron chi connectivity index (χ4n) is 9.11. The van der Waals surface area contributed by atoms with Crippen LogP contribution in [-0.2, 0) is 40.4 Å². The van der Waals surface area contributed by atoms with Gasteiger partial charge in [-0.25, -0.2) is 19.2 Å². The Bertz CT molecular complexity index is 1930. The van der Waals surface area contributed by atoms with E-state index in [1.807, 2.05) is 0 Å². The molecule has 2 saturated heterocycles. The highest BCUT2D eigenvalue weighted by atomic mass is 19.3. The molecular weight excluding hydrogens is 768 g/mol. The topological polar surface area (TPSA) is 146 Å². The van der Waals surface area contributed by atoms with Crippen molar-refractivity contribution >= 4 is 35.7 Å². The highest BCUT2D eigenvalue weighted by Crippen LogP contribution is 2.58. The smallest absolute Gasteiger partial charge is 0.411 e. The highest BCUT2D eigenvalue weighted by molar-refractivity contribution is 6.01. The number of rotatable bonds is 8. The normalized spacial score (nSPS) is 26.1. The highest BCUT2D eigenvalue weighted by Gasteiger charge is 2.63. The largest absolute Gasteiger partial charge is 0.456 e. The summed E-state index contributed by atoms with van der Waals surface area (Å²) in [6.45, 7) is 8.35. The maximum Gasteiger partial charge on any atom is 0.411 e. The van der Waals surface area contributed by atoms with Crippen molar-refractivity contribution < 1.29 is 65.3 Å². The first-order valence-electron chi connectivity index (χ1n) is 19.5. The van der Waals surface area contributed by atoms with E-state index < -0.39 is 106 Å². The zero-order valence-corrected chi connectivity index (χ0v) is 33.1. The first kappa shape index (κ1) is 41.2. The van der Waals surface area contributed by atoms with Crippen molar-refractivity contribution in [1.29, 1.82) is 0 Å². The van der Waals surface area contributed by atoms with Gasteiger partial charge < -0.3 is 18.9 Å². The van der Waals surface area contributed by atoms with E-state index in [2.05, 4.69) is 0 Å². The van der Waals surface area contributed by atoms with E-state index in [1.54, 1.807) is 41.5 Å². The summed E-state index contributed by atoms with van der Waals surface area (Å²) in [6.07, 6.45) is 2.41. The van der Waals surface area contributed by atoms with Crippen LogP contribution in [0.5, 0.6) is 0 Å². The van der Waals surface area contributed by atoms with Crippen LogP contribution in [0.3, 0.4) is 0 Å². The Kier molecular flexibility index (Phi) is 10.2. The quantitative estimate of drug-likeness (QED) is 0.113. The molecule has 2 saturated carbocycles. The Hall–Kier alpha value is -5.02. The van der Waals surface area contributed by atoms with Crippen LogP contribution in [0.25, 0.3) is 11.1 Å². The number of Topliss-reactive ketones (excluding diaryl/α,β-unsaturated/α-hetero) is 2. The molecule has 0 unspecified atom stereocenters. The van der Waals surface area contributed by atoms with Gasteiger partial charge in [-0.05, 0) is 115 Å². The van der Waals surface area contributed by atoms with Crippen LogP contribution in [0.4, 0.5) is 27.2 Å². The van der Waals surface area contributed by atoms with Gasteiger partial charge >= 0.3 is 36.0 Å². The van der Waals surface area contributed by atoms with Gasteiger partial charge in [-0.2, -0.15) is 17.6 Å². The van der Waals surface area contributed by atoms with Crippen molar-refractivity contribution in [3.8, 4) is 11.1 Å². The van der Waals surface area contributed by atoms with Gasteiger partial charge in [0.25, 0.3) is 0 Å². The molecule has 5 aliphatic rings. The molecule has 3 aliphatic carbocycles. The monoisotopic (exact) mass is 814 g/mol. The summed E-state index contributed by atoms with van der Waals surface area (Å²) in [4.78, 5) is 81.3. The number of fused-ring (bicyclic) bond motifs is 7. The Morgan fingerprint density at radius 1 is 0.603 bits per heavy atom. The zero-order chi connectivity index (χ0) is 42.3. The number of hydrogen-bond acceptors (Lipinski definition) is 10. The molecule has 0 aromatic heterocycles. The van der Waals surface area contributed by atoms with Gasteiger partial charge in [0.05, 0.1) is 0 Å². The molecule has 2 aromatic carbocycles. The average Bonchev–Trinajstić information content (AvgIpc) is 3.95. The summed E-state index contributed by atoms with van der Waals surface area (Å²) in [5.41, 5.74) is -5.35. The minimum atomic E-state index is -4.85. The molecule has 16 heteroatoms. The van der Waals surface area contributed by atoms with E-state index in [-0.39, 0.29) is 35.0 Å². The number of halogens is 4. The third-order valence-electron chi connectivity index (χ3n) is 11.6. The summed E-state index contributed by atoms with van der Waals surface area (Å²) < 4.78 is 84.7. The molecular formula is C42H46F4N2O10. The summed E-state index contributed by atoms with van der Waals surface area (Å²) >= 11 is 0. The van der Waals surface area contributed by atoms with E-state index in [0.717, 1.165) is 24.3 Å². The van der Waals surface area contributed by atoms with Crippen molar-refractivity contribution in [1.82, 2.24) is 9.80 Å². The molecule has 2 heterocycles. The molecule has 4 bridgehead atoms. The van der Waals surface area contributed by atoms with Crippen LogP contribution < -0.4 is 0 Å². The second-order valence-electron chi connectivity index (χ2n) is 17.9. The summed E-state index contributed by atoms with van der Waals surface area (Å²) in [5, 5.41) is 0. The van der Waals surface area contributed by atoms with Gasteiger partial charge in [-0.1, -0.05) is 24.3 Å². The lowest BCUT2D eigenvalue weighted by molar-refractivity contribution is -0.225. The standard InChI is InChI=1S/C42H46F4N2O10/c1-39(2,3)57-37(53)47-25-11-7-23(15-25)33(47)35(51)55-19-31(49)21-9-13-27-28-14-10-22(18-30(28)42(45,46)41(43,44)29(27)17-21)32(50)20-56-36(52)34-24-8-12-26(16-24)48(34)38(54)58-40(4,5)6/h9-10,13-14,17-18,23-26,33-34H,7-8,11-12,15-16,19-20H2,1-6H3/t23-,24-,25+,26+,33-,34-/m0/s1. The lowest BCUT2D eigenvalue weighted by Gasteiger charge is -2.35. The second-order valence-corrected chi connectivity index (χ2v) is 17.9. The Morgan fingerprint density at radius 2 is 0.966 bits per heavy atom. The maximum absolute atomic E-state index is 15.8. The minimum Gasteiger partial charge on any atom is -0.456 e. The molecule has 312 valence electrons. The van der Waals surface area contributed by atoms with Crippen molar-refractivity contribution in [3.63, 3.8) is 0 Å². The number of amides is 2. The summed E-state index contributed by atoms with van der Waals surface area (Å²) in [6, 6.07) is 3.29. The van der Waals surface area contributed by atoms with Gasteiger partial charge in [0.1, 0.15) is 23.3 Å². The van der Waals surface area contributed by atoms with Crippen LogP contribution >= 0.6 is 0 Å². The van der Waals surface area contributed by atoms with E-state index in [9.17, 15) is 28.8 Å². The van der Waals surface area contributed by atoms with Crippen LogP contribution in [-0.4, -0.2) is 94.1 Å². The lowest BCUT2D eigenvalue weighted by Crippen LogP contribution is -2.51. The van der Waals surface area contributed by atoms with E-state index in [0.29, 0.717) is 50.7 Å². The van der Waals surface area contributed by atoms with Crippen molar-refractivity contribution in [2.75, 3.05) is 13.2 Å². The number of alkyl halides is 4. The number of hydrogen-bond donors (Lipinski definition) is 0. The average molecular weight is 815 g/mol. The van der Waals surface area contributed by atoms with E-state index in [4.69, 9.17) is 18.9 Å². The molecule has 2 aliphatic heterocycles. The number of esters is 2.